The van der Waals surface area contributed by atoms with E-state index in [2.05, 4.69) is 10.6 Å². The number of nitrogens with one attached hydrogen (secondary N) is 2. The van der Waals surface area contributed by atoms with Gasteiger partial charge in [-0.1, -0.05) is 42.5 Å². The smallest absolute Gasteiger partial charge is 0.245 e. The third-order valence-corrected chi connectivity index (χ3v) is 5.54. The molecule has 188 valence electrons. The van der Waals surface area contributed by atoms with E-state index in [0.29, 0.717) is 32.2 Å². The Hall–Kier alpha value is -3.88. The number of phenolic OH excluding ortho intramolecular Hbond substituents is 1. The Morgan fingerprint density at radius 1 is 0.886 bits per heavy atom. The number of carbonyl (C=O) groups is 4. The number of unbranched alkanes of at least 4 members (excludes halogenated alkanes) is 1. The summed E-state index contributed by atoms with van der Waals surface area (Å²) >= 11 is 0. The quantitative estimate of drug-likeness (QED) is 0.318. The number of aromatic hydroxyl groups is 1. The average Bonchev–Trinajstić information content (AvgIpc) is 2.82. The molecule has 2 unspecified atom stereocenters. The second-order valence-corrected chi connectivity index (χ2v) is 8.55. The molecule has 0 aromatic heterocycles. The Morgan fingerprint density at radius 2 is 1.49 bits per heavy atom. The van der Waals surface area contributed by atoms with Gasteiger partial charge in [-0.3, -0.25) is 19.2 Å². The minimum Gasteiger partial charge on any atom is -0.508 e. The molecule has 0 saturated heterocycles. The fraction of sp³-hybridized carbons (Fsp3) is 0.385. The van der Waals surface area contributed by atoms with Gasteiger partial charge >= 0.3 is 0 Å². The van der Waals surface area contributed by atoms with E-state index in [1.54, 1.807) is 19.2 Å². The number of carbonyl (C=O) groups excluding carboxylic acids is 4. The molecule has 2 rings (SSSR count). The Balaban J connectivity index is 1.80. The number of rotatable bonds is 13. The first kappa shape index (κ1) is 27.4. The number of nitrogens with two attached hydrogens (primary N) is 1. The molecule has 0 aliphatic rings. The third-order valence-electron chi connectivity index (χ3n) is 5.54. The minimum atomic E-state index is -0.785. The van der Waals surface area contributed by atoms with E-state index in [0.717, 1.165) is 11.1 Å². The Kier molecular flexibility index (Phi) is 10.7. The topological polar surface area (TPSA) is 142 Å². The summed E-state index contributed by atoms with van der Waals surface area (Å²) in [5, 5.41) is 14.8. The second kappa shape index (κ2) is 13.7. The zero-order valence-corrected chi connectivity index (χ0v) is 20.2. The summed E-state index contributed by atoms with van der Waals surface area (Å²) in [7, 11) is 1.65. The summed E-state index contributed by atoms with van der Waals surface area (Å²) in [5.41, 5.74) is 7.15. The van der Waals surface area contributed by atoms with E-state index >= 15 is 0 Å². The fourth-order valence-corrected chi connectivity index (χ4v) is 3.66. The molecule has 0 spiro atoms. The van der Waals surface area contributed by atoms with Gasteiger partial charge in [-0.2, -0.15) is 0 Å². The van der Waals surface area contributed by atoms with E-state index in [9.17, 15) is 24.3 Å². The summed E-state index contributed by atoms with van der Waals surface area (Å²) in [6, 6.07) is 14.3. The lowest BCUT2D eigenvalue weighted by molar-refractivity contribution is -0.135. The number of benzene rings is 2. The van der Waals surface area contributed by atoms with Gasteiger partial charge in [0, 0.05) is 39.8 Å². The van der Waals surface area contributed by atoms with Gasteiger partial charge in [-0.05, 0) is 36.1 Å². The number of likely N-dealkylation sites (N-methyl/N-ethyl adjacent to an activating group) is 1. The standard InChI is InChI=1S/C26H34N4O5/c1-18(31)28-23(17-20-11-13-21(32)14-12-20)26(35)30(2)15-7-6-10-24(33)29-22(25(27)34)16-19-8-4-3-5-9-19/h3-5,8-9,11-14,22-23,32H,6-7,10,15-17H2,1-2H3,(H2,27,34)(H,28,31)(H,29,33). The van der Waals surface area contributed by atoms with Gasteiger partial charge < -0.3 is 26.4 Å². The average molecular weight is 483 g/mol. The van der Waals surface area contributed by atoms with Crippen LogP contribution in [0.4, 0.5) is 0 Å². The van der Waals surface area contributed by atoms with E-state index in [1.807, 2.05) is 30.3 Å². The highest BCUT2D eigenvalue weighted by atomic mass is 16.3. The Bertz CT molecular complexity index is 995. The summed E-state index contributed by atoms with van der Waals surface area (Å²) < 4.78 is 0. The predicted octanol–water partition coefficient (Wildman–Crippen LogP) is 1.28. The molecule has 2 atom stereocenters. The van der Waals surface area contributed by atoms with E-state index < -0.39 is 18.0 Å². The highest BCUT2D eigenvalue weighted by Crippen LogP contribution is 2.13. The van der Waals surface area contributed by atoms with Crippen LogP contribution in [0.1, 0.15) is 37.3 Å². The highest BCUT2D eigenvalue weighted by Gasteiger charge is 2.23. The molecular formula is C26H34N4O5. The molecule has 4 amide bonds. The van der Waals surface area contributed by atoms with Crippen molar-refractivity contribution in [2.45, 2.75) is 51.1 Å². The van der Waals surface area contributed by atoms with Crippen molar-refractivity contribution in [2.75, 3.05) is 13.6 Å². The van der Waals surface area contributed by atoms with Crippen molar-refractivity contribution in [3.8, 4) is 5.75 Å². The molecule has 9 nitrogen and oxygen atoms in total. The van der Waals surface area contributed by atoms with Gasteiger partial charge in [0.1, 0.15) is 17.8 Å². The maximum Gasteiger partial charge on any atom is 0.245 e. The van der Waals surface area contributed by atoms with Crippen LogP contribution in [0.5, 0.6) is 5.75 Å². The molecule has 0 fully saturated rings. The van der Waals surface area contributed by atoms with Gasteiger partial charge in [0.25, 0.3) is 0 Å². The molecule has 0 radical (unpaired) electrons. The van der Waals surface area contributed by atoms with Crippen LogP contribution in [0, 0.1) is 0 Å². The Labute approximate surface area is 205 Å². The van der Waals surface area contributed by atoms with Crippen LogP contribution in [0.2, 0.25) is 0 Å². The first-order valence-electron chi connectivity index (χ1n) is 11.6. The molecule has 35 heavy (non-hydrogen) atoms. The zero-order valence-electron chi connectivity index (χ0n) is 20.2. The number of amides is 4. The van der Waals surface area contributed by atoms with Crippen LogP contribution in [-0.2, 0) is 32.0 Å². The van der Waals surface area contributed by atoms with E-state index in [-0.39, 0.29) is 29.9 Å². The molecular weight excluding hydrogens is 448 g/mol. The summed E-state index contributed by atoms with van der Waals surface area (Å²) in [6.07, 6.45) is 1.90. The van der Waals surface area contributed by atoms with Crippen molar-refractivity contribution in [3.05, 3.63) is 65.7 Å². The van der Waals surface area contributed by atoms with Gasteiger partial charge in [-0.25, -0.2) is 0 Å². The van der Waals surface area contributed by atoms with Gasteiger partial charge in [0.15, 0.2) is 0 Å². The first-order chi connectivity index (χ1) is 16.7. The van der Waals surface area contributed by atoms with E-state index in [1.165, 1.54) is 24.0 Å². The van der Waals surface area contributed by atoms with Crippen LogP contribution in [0.15, 0.2) is 54.6 Å². The predicted molar refractivity (Wildman–Crippen MR) is 132 cm³/mol. The van der Waals surface area contributed by atoms with E-state index in [4.69, 9.17) is 5.73 Å². The number of primary amides is 1. The van der Waals surface area contributed by atoms with Crippen LogP contribution in [0.3, 0.4) is 0 Å². The molecule has 0 aliphatic carbocycles. The van der Waals surface area contributed by atoms with Crippen molar-refractivity contribution in [1.29, 1.82) is 0 Å². The lowest BCUT2D eigenvalue weighted by Crippen LogP contribution is -2.48. The fourth-order valence-electron chi connectivity index (χ4n) is 3.66. The number of hydrogen-bond acceptors (Lipinski definition) is 5. The lowest BCUT2D eigenvalue weighted by atomic mass is 10.0. The summed E-state index contributed by atoms with van der Waals surface area (Å²) in [4.78, 5) is 50.1. The largest absolute Gasteiger partial charge is 0.508 e. The van der Waals surface area contributed by atoms with Crippen molar-refractivity contribution >= 4 is 23.6 Å². The van der Waals surface area contributed by atoms with Crippen molar-refractivity contribution in [1.82, 2.24) is 15.5 Å². The van der Waals surface area contributed by atoms with Crippen LogP contribution in [0.25, 0.3) is 0 Å². The third kappa shape index (κ3) is 9.87. The number of nitrogens with zero attached hydrogens (tertiary/aromatic N) is 1. The molecule has 2 aromatic carbocycles. The SMILES string of the molecule is CC(=O)NC(Cc1ccc(O)cc1)C(=O)N(C)CCCCC(=O)NC(Cc1ccccc1)C(N)=O. The van der Waals surface area contributed by atoms with Crippen LogP contribution in [-0.4, -0.2) is 59.3 Å². The van der Waals surface area contributed by atoms with Crippen molar-refractivity contribution in [3.63, 3.8) is 0 Å². The zero-order chi connectivity index (χ0) is 25.8. The van der Waals surface area contributed by atoms with Crippen LogP contribution < -0.4 is 16.4 Å². The molecule has 2 aromatic rings. The maximum absolute atomic E-state index is 12.9. The maximum atomic E-state index is 12.9. The first-order valence-corrected chi connectivity index (χ1v) is 11.6. The van der Waals surface area contributed by atoms with Crippen LogP contribution >= 0.6 is 0 Å². The minimum absolute atomic E-state index is 0.125. The molecule has 5 N–H and O–H groups in total. The lowest BCUT2D eigenvalue weighted by Gasteiger charge is -2.24. The highest BCUT2D eigenvalue weighted by molar-refractivity contribution is 5.87. The number of phenols is 1. The molecule has 9 heteroatoms. The van der Waals surface area contributed by atoms with Crippen molar-refractivity contribution < 1.29 is 24.3 Å². The van der Waals surface area contributed by atoms with Gasteiger partial charge in [0.2, 0.25) is 23.6 Å². The molecule has 0 saturated carbocycles. The monoisotopic (exact) mass is 482 g/mol. The molecule has 0 bridgehead atoms. The molecule has 0 heterocycles. The van der Waals surface area contributed by atoms with Gasteiger partial charge in [-0.15, -0.1) is 0 Å². The van der Waals surface area contributed by atoms with Gasteiger partial charge in [0.05, 0.1) is 0 Å². The second-order valence-electron chi connectivity index (χ2n) is 8.55. The summed E-state index contributed by atoms with van der Waals surface area (Å²) in [6.45, 7) is 1.76. The normalized spacial score (nSPS) is 12.3. The molecule has 0 aliphatic heterocycles. The van der Waals surface area contributed by atoms with Crippen molar-refractivity contribution in [2.24, 2.45) is 5.73 Å². The number of hydrogen-bond donors (Lipinski definition) is 4. The summed E-state index contributed by atoms with van der Waals surface area (Å²) in [5.74, 6) is -1.30. The Morgan fingerprint density at radius 3 is 2.09 bits per heavy atom.